The third kappa shape index (κ3) is 5.90. The van der Waals surface area contributed by atoms with E-state index in [0.717, 1.165) is 41.5 Å². The zero-order chi connectivity index (χ0) is 24.7. The number of amides is 1. The minimum absolute atomic E-state index is 0.101. The van der Waals surface area contributed by atoms with Gasteiger partial charge in [-0.3, -0.25) is 9.36 Å². The summed E-state index contributed by atoms with van der Waals surface area (Å²) in [7, 11) is 0. The number of hydrogen-bond donors (Lipinski definition) is 1. The third-order valence-corrected chi connectivity index (χ3v) is 7.03. The molecule has 1 aliphatic heterocycles. The Hall–Kier alpha value is -3.33. The summed E-state index contributed by atoms with van der Waals surface area (Å²) in [5.74, 6) is 0.897. The van der Waals surface area contributed by atoms with Gasteiger partial charge in [-0.05, 0) is 42.0 Å². The minimum atomic E-state index is -0.101. The standard InChI is InChI=1S/C27H26ClN5O2S/c28-21-10-12-22(13-11-21)33-25(18-20-6-2-1-3-7-20)30-31-27(33)36-19-26(34)29-23-8-4-5-9-24(23)32-14-16-35-17-15-32/h1-13H,14-19H2,(H,29,34). The highest BCUT2D eigenvalue weighted by Crippen LogP contribution is 2.28. The zero-order valence-corrected chi connectivity index (χ0v) is 21.2. The highest BCUT2D eigenvalue weighted by Gasteiger charge is 2.18. The maximum Gasteiger partial charge on any atom is 0.234 e. The number of thioether (sulfide) groups is 1. The molecule has 0 aliphatic carbocycles. The molecule has 7 nitrogen and oxygen atoms in total. The van der Waals surface area contributed by atoms with Crippen LogP contribution in [0, 0.1) is 0 Å². The second-order valence-electron chi connectivity index (χ2n) is 8.33. The fourth-order valence-corrected chi connectivity index (χ4v) is 5.01. The molecular weight excluding hydrogens is 494 g/mol. The van der Waals surface area contributed by atoms with Crippen molar-refractivity contribution in [1.82, 2.24) is 14.8 Å². The van der Waals surface area contributed by atoms with Gasteiger partial charge in [0, 0.05) is 30.2 Å². The van der Waals surface area contributed by atoms with Gasteiger partial charge < -0.3 is 15.0 Å². The van der Waals surface area contributed by atoms with E-state index >= 15 is 0 Å². The Balaban J connectivity index is 1.33. The Morgan fingerprint density at radius 2 is 1.67 bits per heavy atom. The van der Waals surface area contributed by atoms with Crippen molar-refractivity contribution in [2.45, 2.75) is 11.6 Å². The minimum Gasteiger partial charge on any atom is -0.378 e. The molecule has 184 valence electrons. The lowest BCUT2D eigenvalue weighted by molar-refractivity contribution is -0.113. The number of nitrogens with zero attached hydrogens (tertiary/aromatic N) is 4. The number of anilines is 2. The van der Waals surface area contributed by atoms with Crippen molar-refractivity contribution < 1.29 is 9.53 Å². The van der Waals surface area contributed by atoms with Crippen molar-refractivity contribution in [1.29, 1.82) is 0 Å². The quantitative estimate of drug-likeness (QED) is 0.327. The van der Waals surface area contributed by atoms with Gasteiger partial charge in [-0.1, -0.05) is 65.8 Å². The topological polar surface area (TPSA) is 72.3 Å². The maximum absolute atomic E-state index is 13.0. The molecule has 1 aromatic heterocycles. The monoisotopic (exact) mass is 519 g/mol. The molecule has 0 atom stereocenters. The first-order valence-corrected chi connectivity index (χ1v) is 13.1. The third-order valence-electron chi connectivity index (χ3n) is 5.85. The summed E-state index contributed by atoms with van der Waals surface area (Å²) in [5, 5.41) is 13.3. The van der Waals surface area contributed by atoms with Crippen LogP contribution < -0.4 is 10.2 Å². The second-order valence-corrected chi connectivity index (χ2v) is 9.71. The molecule has 36 heavy (non-hydrogen) atoms. The first-order chi connectivity index (χ1) is 17.7. The molecule has 1 saturated heterocycles. The molecule has 1 amide bonds. The van der Waals surface area contributed by atoms with Crippen LogP contribution in [0.5, 0.6) is 0 Å². The number of hydrogen-bond acceptors (Lipinski definition) is 6. The largest absolute Gasteiger partial charge is 0.378 e. The first kappa shape index (κ1) is 24.4. The van der Waals surface area contributed by atoms with E-state index in [1.807, 2.05) is 71.3 Å². The molecule has 3 aromatic carbocycles. The van der Waals surface area contributed by atoms with Gasteiger partial charge in [0.25, 0.3) is 0 Å². The van der Waals surface area contributed by atoms with Crippen molar-refractivity contribution in [3.05, 3.63) is 95.3 Å². The van der Waals surface area contributed by atoms with Crippen molar-refractivity contribution in [3.8, 4) is 5.69 Å². The number of carbonyl (C=O) groups excluding carboxylic acids is 1. The van der Waals surface area contributed by atoms with Crippen molar-refractivity contribution in [3.63, 3.8) is 0 Å². The molecule has 0 radical (unpaired) electrons. The number of morpholine rings is 1. The molecule has 1 N–H and O–H groups in total. The number of halogens is 1. The summed E-state index contributed by atoms with van der Waals surface area (Å²) in [4.78, 5) is 15.2. The summed E-state index contributed by atoms with van der Waals surface area (Å²) >= 11 is 7.48. The predicted octanol–water partition coefficient (Wildman–Crippen LogP) is 5.08. The normalized spacial score (nSPS) is 13.5. The van der Waals surface area contributed by atoms with Crippen LogP contribution >= 0.6 is 23.4 Å². The number of ether oxygens (including phenoxy) is 1. The average Bonchev–Trinajstić information content (AvgIpc) is 3.31. The maximum atomic E-state index is 13.0. The van der Waals surface area contributed by atoms with Crippen molar-refractivity contribution in [2.75, 3.05) is 42.3 Å². The summed E-state index contributed by atoms with van der Waals surface area (Å²) in [6.07, 6.45) is 0.621. The van der Waals surface area contributed by atoms with Crippen LogP contribution in [0.2, 0.25) is 5.02 Å². The highest BCUT2D eigenvalue weighted by molar-refractivity contribution is 7.99. The van der Waals surface area contributed by atoms with Crippen LogP contribution in [0.1, 0.15) is 11.4 Å². The fraction of sp³-hybridized carbons (Fsp3) is 0.222. The number of benzene rings is 3. The molecular formula is C27H26ClN5O2S. The van der Waals surface area contributed by atoms with Crippen LogP contribution in [0.4, 0.5) is 11.4 Å². The van der Waals surface area contributed by atoms with Crippen molar-refractivity contribution in [2.24, 2.45) is 0 Å². The van der Waals surface area contributed by atoms with Gasteiger partial charge >= 0.3 is 0 Å². The Labute approximate surface area is 219 Å². The number of nitrogens with one attached hydrogen (secondary N) is 1. The first-order valence-electron chi connectivity index (χ1n) is 11.8. The Kier molecular flexibility index (Phi) is 7.85. The summed E-state index contributed by atoms with van der Waals surface area (Å²) < 4.78 is 7.46. The Bertz CT molecular complexity index is 1310. The van der Waals surface area contributed by atoms with E-state index in [9.17, 15) is 4.79 Å². The van der Waals surface area contributed by atoms with Gasteiger partial charge in [-0.15, -0.1) is 10.2 Å². The van der Waals surface area contributed by atoms with Crippen molar-refractivity contribution >= 4 is 40.6 Å². The van der Waals surface area contributed by atoms with Crippen LogP contribution in [-0.4, -0.2) is 52.7 Å². The number of rotatable bonds is 8. The summed E-state index contributed by atoms with van der Waals surface area (Å²) in [5.41, 5.74) is 3.84. The van der Waals surface area contributed by atoms with Crippen LogP contribution in [-0.2, 0) is 16.0 Å². The van der Waals surface area contributed by atoms with Gasteiger partial charge in [0.15, 0.2) is 5.16 Å². The molecule has 1 fully saturated rings. The summed E-state index contributed by atoms with van der Waals surface area (Å²) in [6.45, 7) is 2.97. The lowest BCUT2D eigenvalue weighted by Gasteiger charge is -2.30. The molecule has 9 heteroatoms. The van der Waals surface area contributed by atoms with Gasteiger partial charge in [0.1, 0.15) is 5.82 Å². The highest BCUT2D eigenvalue weighted by atomic mass is 35.5. The Morgan fingerprint density at radius 3 is 2.44 bits per heavy atom. The fourth-order valence-electron chi connectivity index (χ4n) is 4.11. The number of para-hydroxylation sites is 2. The van der Waals surface area contributed by atoms with E-state index in [4.69, 9.17) is 16.3 Å². The van der Waals surface area contributed by atoms with E-state index in [-0.39, 0.29) is 11.7 Å². The van der Waals surface area contributed by atoms with Gasteiger partial charge in [-0.2, -0.15) is 0 Å². The second kappa shape index (κ2) is 11.6. The van der Waals surface area contributed by atoms with Crippen LogP contribution in [0.25, 0.3) is 5.69 Å². The lowest BCUT2D eigenvalue weighted by atomic mass is 10.1. The number of aromatic nitrogens is 3. The van der Waals surface area contributed by atoms with E-state index in [0.29, 0.717) is 29.8 Å². The van der Waals surface area contributed by atoms with Crippen LogP contribution in [0.3, 0.4) is 0 Å². The Morgan fingerprint density at radius 1 is 0.944 bits per heavy atom. The van der Waals surface area contributed by atoms with E-state index in [1.54, 1.807) is 0 Å². The predicted molar refractivity (Wildman–Crippen MR) is 144 cm³/mol. The molecule has 0 saturated carbocycles. The number of carbonyl (C=O) groups is 1. The summed E-state index contributed by atoms with van der Waals surface area (Å²) in [6, 6.07) is 25.6. The van der Waals surface area contributed by atoms with E-state index in [1.165, 1.54) is 11.8 Å². The average molecular weight is 520 g/mol. The molecule has 0 spiro atoms. The zero-order valence-electron chi connectivity index (χ0n) is 19.6. The van der Waals surface area contributed by atoms with Crippen LogP contribution in [0.15, 0.2) is 84.0 Å². The van der Waals surface area contributed by atoms with E-state index < -0.39 is 0 Å². The molecule has 1 aliphatic rings. The lowest BCUT2D eigenvalue weighted by Crippen LogP contribution is -2.36. The molecule has 4 aromatic rings. The molecule has 5 rings (SSSR count). The van der Waals surface area contributed by atoms with E-state index in [2.05, 4.69) is 32.5 Å². The molecule has 0 bridgehead atoms. The smallest absolute Gasteiger partial charge is 0.234 e. The molecule has 0 unspecified atom stereocenters. The van der Waals surface area contributed by atoms with Gasteiger partial charge in [0.2, 0.25) is 5.91 Å². The SMILES string of the molecule is O=C(CSc1nnc(Cc2ccccc2)n1-c1ccc(Cl)cc1)Nc1ccccc1N1CCOCC1. The molecule has 2 heterocycles. The van der Waals surface area contributed by atoms with Gasteiger partial charge in [0.05, 0.1) is 30.3 Å². The van der Waals surface area contributed by atoms with Gasteiger partial charge in [-0.25, -0.2) is 0 Å².